The highest BCUT2D eigenvalue weighted by Crippen LogP contribution is 2.48. The zero-order valence-corrected chi connectivity index (χ0v) is 18.4. The van der Waals surface area contributed by atoms with Crippen LogP contribution in [-0.2, 0) is 0 Å². The Hall–Kier alpha value is -3.12. The van der Waals surface area contributed by atoms with E-state index in [1.54, 1.807) is 33.5 Å². The maximum absolute atomic E-state index is 10.8. The van der Waals surface area contributed by atoms with Crippen molar-refractivity contribution >= 4 is 21.7 Å². The molecule has 0 spiro atoms. The van der Waals surface area contributed by atoms with E-state index in [0.29, 0.717) is 28.6 Å². The second kappa shape index (κ2) is 8.32. The zero-order chi connectivity index (χ0) is 21.3. The normalized spacial score (nSPS) is 14.9. The van der Waals surface area contributed by atoms with Gasteiger partial charge in [0.15, 0.2) is 0 Å². The molecule has 1 aliphatic heterocycles. The van der Waals surface area contributed by atoms with Crippen molar-refractivity contribution in [3.05, 3.63) is 81.8 Å². The van der Waals surface area contributed by atoms with Crippen LogP contribution in [-0.4, -0.2) is 26.4 Å². The first-order valence-corrected chi connectivity index (χ1v) is 10.1. The Labute approximate surface area is 183 Å². The van der Waals surface area contributed by atoms with Gasteiger partial charge in [-0.3, -0.25) is 0 Å². The van der Waals surface area contributed by atoms with Gasteiger partial charge in [-0.1, -0.05) is 15.9 Å². The molecule has 154 valence electrons. The Kier molecular flexibility index (Phi) is 5.59. The molecule has 0 amide bonds. The van der Waals surface area contributed by atoms with E-state index < -0.39 is 0 Å². The Bertz CT molecular complexity index is 1110. The molecule has 30 heavy (non-hydrogen) atoms. The molecule has 6 heteroatoms. The molecule has 0 saturated carbocycles. The standard InChI is InChI=1S/C24H21BrO5/c1-27-16-7-4-14(5-8-16)22-13-19(18-10-15(25)6-9-21(18)30-22)24-20(26)11-17(28-2)12-23(24)29-3/h4-13,19,26H,1-3H3. The van der Waals surface area contributed by atoms with Crippen LogP contribution in [0.1, 0.15) is 22.6 Å². The van der Waals surface area contributed by atoms with Crippen LogP contribution in [0.15, 0.2) is 65.1 Å². The van der Waals surface area contributed by atoms with Crippen molar-refractivity contribution in [2.75, 3.05) is 21.3 Å². The van der Waals surface area contributed by atoms with Gasteiger partial charge in [-0.15, -0.1) is 0 Å². The number of halogens is 1. The zero-order valence-electron chi connectivity index (χ0n) is 16.8. The molecule has 3 aromatic carbocycles. The summed E-state index contributed by atoms with van der Waals surface area (Å²) < 4.78 is 23.3. The van der Waals surface area contributed by atoms with Crippen molar-refractivity contribution in [1.29, 1.82) is 0 Å². The van der Waals surface area contributed by atoms with Crippen molar-refractivity contribution in [3.8, 4) is 28.7 Å². The molecule has 0 aromatic heterocycles. The predicted molar refractivity (Wildman–Crippen MR) is 119 cm³/mol. The van der Waals surface area contributed by atoms with Gasteiger partial charge < -0.3 is 24.1 Å². The second-order valence-electron chi connectivity index (χ2n) is 6.78. The summed E-state index contributed by atoms with van der Waals surface area (Å²) in [5.41, 5.74) is 2.47. The lowest BCUT2D eigenvalue weighted by Crippen LogP contribution is -2.11. The average Bonchev–Trinajstić information content (AvgIpc) is 2.78. The van der Waals surface area contributed by atoms with Gasteiger partial charge in [0.1, 0.15) is 34.5 Å². The molecule has 0 fully saturated rings. The lowest BCUT2D eigenvalue weighted by Gasteiger charge is -2.27. The van der Waals surface area contributed by atoms with Crippen molar-refractivity contribution in [3.63, 3.8) is 0 Å². The third-order valence-electron chi connectivity index (χ3n) is 5.08. The lowest BCUT2D eigenvalue weighted by molar-refractivity contribution is 0.378. The molecule has 4 rings (SSSR count). The van der Waals surface area contributed by atoms with Crippen LogP contribution in [0, 0.1) is 0 Å². The number of hydrogen-bond acceptors (Lipinski definition) is 5. The maximum atomic E-state index is 10.8. The molecule has 3 aromatic rings. The minimum absolute atomic E-state index is 0.0920. The number of methoxy groups -OCH3 is 3. The Morgan fingerprint density at radius 3 is 2.27 bits per heavy atom. The Balaban J connectivity index is 1.90. The molecule has 0 bridgehead atoms. The van der Waals surface area contributed by atoms with Gasteiger partial charge in [0.2, 0.25) is 0 Å². The van der Waals surface area contributed by atoms with Crippen LogP contribution >= 0.6 is 15.9 Å². The summed E-state index contributed by atoms with van der Waals surface area (Å²) in [6, 6.07) is 16.8. The monoisotopic (exact) mass is 468 g/mol. The second-order valence-corrected chi connectivity index (χ2v) is 7.70. The highest BCUT2D eigenvalue weighted by atomic mass is 79.9. The van der Waals surface area contributed by atoms with Crippen LogP contribution in [0.25, 0.3) is 5.76 Å². The fraction of sp³-hybridized carbons (Fsp3) is 0.167. The van der Waals surface area contributed by atoms with Crippen molar-refractivity contribution < 1.29 is 24.1 Å². The summed E-state index contributed by atoms with van der Waals surface area (Å²) in [6.45, 7) is 0. The Morgan fingerprint density at radius 2 is 1.60 bits per heavy atom. The van der Waals surface area contributed by atoms with E-state index in [-0.39, 0.29) is 11.7 Å². The average molecular weight is 469 g/mol. The number of benzene rings is 3. The molecule has 1 heterocycles. The molecule has 1 aliphatic rings. The van der Waals surface area contributed by atoms with Crippen LogP contribution < -0.4 is 18.9 Å². The topological polar surface area (TPSA) is 57.2 Å². The first-order chi connectivity index (χ1) is 14.5. The summed E-state index contributed by atoms with van der Waals surface area (Å²) in [5, 5.41) is 10.8. The fourth-order valence-electron chi connectivity index (χ4n) is 3.58. The van der Waals surface area contributed by atoms with Crippen LogP contribution in [0.2, 0.25) is 0 Å². The van der Waals surface area contributed by atoms with E-state index in [1.165, 1.54) is 0 Å². The summed E-state index contributed by atoms with van der Waals surface area (Å²) in [7, 11) is 4.76. The first-order valence-electron chi connectivity index (χ1n) is 9.32. The van der Waals surface area contributed by atoms with Gasteiger partial charge >= 0.3 is 0 Å². The number of allylic oxidation sites excluding steroid dienone is 1. The number of hydrogen-bond donors (Lipinski definition) is 1. The van der Waals surface area contributed by atoms with Crippen LogP contribution in [0.4, 0.5) is 0 Å². The minimum Gasteiger partial charge on any atom is -0.507 e. The van der Waals surface area contributed by atoms with E-state index >= 15 is 0 Å². The smallest absolute Gasteiger partial charge is 0.131 e. The molecule has 1 unspecified atom stereocenters. The van der Waals surface area contributed by atoms with Gasteiger partial charge in [-0.05, 0) is 48.5 Å². The molecular weight excluding hydrogens is 448 g/mol. The van der Waals surface area contributed by atoms with Gasteiger partial charge in [-0.2, -0.15) is 0 Å². The largest absolute Gasteiger partial charge is 0.507 e. The van der Waals surface area contributed by atoms with E-state index in [1.807, 2.05) is 48.5 Å². The van der Waals surface area contributed by atoms with Gasteiger partial charge in [-0.25, -0.2) is 0 Å². The van der Waals surface area contributed by atoms with E-state index in [9.17, 15) is 5.11 Å². The molecule has 0 saturated heterocycles. The van der Waals surface area contributed by atoms with E-state index in [2.05, 4.69) is 15.9 Å². The van der Waals surface area contributed by atoms with Gasteiger partial charge in [0.25, 0.3) is 0 Å². The van der Waals surface area contributed by atoms with E-state index in [0.717, 1.165) is 21.3 Å². The maximum Gasteiger partial charge on any atom is 0.131 e. The van der Waals surface area contributed by atoms with Crippen molar-refractivity contribution in [2.24, 2.45) is 0 Å². The van der Waals surface area contributed by atoms with E-state index in [4.69, 9.17) is 18.9 Å². The SMILES string of the molecule is COc1ccc(C2=CC(c3c(O)cc(OC)cc3OC)c3cc(Br)ccc3O2)cc1. The summed E-state index contributed by atoms with van der Waals surface area (Å²) in [5.74, 6) is 3.04. The molecular formula is C24H21BrO5. The number of rotatable bonds is 5. The fourth-order valence-corrected chi connectivity index (χ4v) is 3.96. The molecule has 0 aliphatic carbocycles. The molecule has 1 N–H and O–H groups in total. The molecule has 5 nitrogen and oxygen atoms in total. The summed E-state index contributed by atoms with van der Waals surface area (Å²) in [4.78, 5) is 0. The van der Waals surface area contributed by atoms with Crippen LogP contribution in [0.3, 0.4) is 0 Å². The number of aromatic hydroxyl groups is 1. The highest BCUT2D eigenvalue weighted by molar-refractivity contribution is 9.10. The number of ether oxygens (including phenoxy) is 4. The van der Waals surface area contributed by atoms with Crippen molar-refractivity contribution in [2.45, 2.75) is 5.92 Å². The highest BCUT2D eigenvalue weighted by Gasteiger charge is 2.29. The lowest BCUT2D eigenvalue weighted by atomic mass is 9.86. The summed E-state index contributed by atoms with van der Waals surface area (Å²) in [6.07, 6.45) is 1.99. The minimum atomic E-state index is -0.288. The molecule has 1 atom stereocenters. The Morgan fingerprint density at radius 1 is 0.867 bits per heavy atom. The molecule has 0 radical (unpaired) electrons. The van der Waals surface area contributed by atoms with Crippen molar-refractivity contribution in [1.82, 2.24) is 0 Å². The van der Waals surface area contributed by atoms with Gasteiger partial charge in [0.05, 0.1) is 21.3 Å². The number of phenolic OH excluding ortho intramolecular Hbond substituents is 1. The quantitative estimate of drug-likeness (QED) is 0.516. The first kappa shape index (κ1) is 20.2. The third kappa shape index (κ3) is 3.71. The van der Waals surface area contributed by atoms with Gasteiger partial charge in [0, 0.05) is 39.2 Å². The summed E-state index contributed by atoms with van der Waals surface area (Å²) >= 11 is 3.54. The number of fused-ring (bicyclic) bond motifs is 1. The van der Waals surface area contributed by atoms with Crippen LogP contribution in [0.5, 0.6) is 28.7 Å². The third-order valence-corrected chi connectivity index (χ3v) is 5.57. The number of phenols is 1. The predicted octanol–water partition coefficient (Wildman–Crippen LogP) is 5.75.